The lowest BCUT2D eigenvalue weighted by Gasteiger charge is -2.08. The number of hydrogen-bond acceptors (Lipinski definition) is 3. The number of carbonyl (C=O) groups excluding carboxylic acids is 2. The second-order valence-electron chi connectivity index (χ2n) is 4.33. The van der Waals surface area contributed by atoms with Gasteiger partial charge in [0.2, 0.25) is 5.91 Å². The first-order valence-corrected chi connectivity index (χ1v) is 6.28. The van der Waals surface area contributed by atoms with E-state index in [1.54, 1.807) is 6.07 Å². The Bertz CT molecular complexity index is 440. The van der Waals surface area contributed by atoms with Crippen LogP contribution in [0.15, 0.2) is 12.1 Å². The molecular weight excluding hydrogens is 244 g/mol. The molecule has 0 radical (unpaired) electrons. The second kappa shape index (κ2) is 7.35. The molecule has 3 N–H and O–H groups in total. The van der Waals surface area contributed by atoms with E-state index in [-0.39, 0.29) is 12.5 Å². The van der Waals surface area contributed by atoms with Crippen molar-refractivity contribution in [3.63, 3.8) is 0 Å². The monoisotopic (exact) mass is 264 g/mol. The Morgan fingerprint density at radius 1 is 1.21 bits per heavy atom. The van der Waals surface area contributed by atoms with E-state index in [9.17, 15) is 9.59 Å². The van der Waals surface area contributed by atoms with Crippen molar-refractivity contribution in [3.8, 4) is 0 Å². The van der Waals surface area contributed by atoms with Gasteiger partial charge in [-0.3, -0.25) is 10.1 Å². The molecule has 0 bridgehead atoms. The Labute approximate surface area is 113 Å². The summed E-state index contributed by atoms with van der Waals surface area (Å²) >= 11 is 0. The van der Waals surface area contributed by atoms with E-state index in [1.807, 2.05) is 26.8 Å². The van der Waals surface area contributed by atoms with E-state index < -0.39 is 6.03 Å². The van der Waals surface area contributed by atoms with Crippen LogP contribution < -0.4 is 16.0 Å². The SMILES string of the molecule is CCCNC(=O)CNC(=O)Nc1cc(C)cc(C)n1. The minimum atomic E-state index is -0.441. The predicted octanol–water partition coefficient (Wildman–Crippen LogP) is 1.35. The van der Waals surface area contributed by atoms with Crippen molar-refractivity contribution in [2.24, 2.45) is 0 Å². The van der Waals surface area contributed by atoms with Crippen molar-refractivity contribution >= 4 is 17.8 Å². The van der Waals surface area contributed by atoms with Crippen molar-refractivity contribution in [1.82, 2.24) is 15.6 Å². The summed E-state index contributed by atoms with van der Waals surface area (Å²) in [6.07, 6.45) is 0.866. The van der Waals surface area contributed by atoms with Crippen LogP contribution in [0.3, 0.4) is 0 Å². The van der Waals surface area contributed by atoms with Gasteiger partial charge in [0.1, 0.15) is 5.82 Å². The number of aryl methyl sites for hydroxylation is 2. The maximum atomic E-state index is 11.6. The number of rotatable bonds is 5. The van der Waals surface area contributed by atoms with E-state index in [2.05, 4.69) is 20.9 Å². The molecule has 0 aliphatic rings. The molecule has 0 aliphatic carbocycles. The van der Waals surface area contributed by atoms with Gasteiger partial charge >= 0.3 is 6.03 Å². The van der Waals surface area contributed by atoms with Gasteiger partial charge in [-0.05, 0) is 38.0 Å². The minimum absolute atomic E-state index is 0.0450. The van der Waals surface area contributed by atoms with E-state index in [4.69, 9.17) is 0 Å². The highest BCUT2D eigenvalue weighted by atomic mass is 16.2. The lowest BCUT2D eigenvalue weighted by molar-refractivity contribution is -0.120. The van der Waals surface area contributed by atoms with E-state index in [0.29, 0.717) is 12.4 Å². The van der Waals surface area contributed by atoms with Crippen molar-refractivity contribution in [2.75, 3.05) is 18.4 Å². The van der Waals surface area contributed by atoms with Crippen LogP contribution in [0.1, 0.15) is 24.6 Å². The number of hydrogen-bond donors (Lipinski definition) is 3. The third-order valence-electron chi connectivity index (χ3n) is 2.32. The van der Waals surface area contributed by atoms with E-state index >= 15 is 0 Å². The highest BCUT2D eigenvalue weighted by Gasteiger charge is 2.06. The summed E-state index contributed by atoms with van der Waals surface area (Å²) in [6, 6.07) is 3.24. The first-order chi connectivity index (χ1) is 9.01. The van der Waals surface area contributed by atoms with Crippen LogP contribution in [0.2, 0.25) is 0 Å². The topological polar surface area (TPSA) is 83.1 Å². The molecule has 0 spiro atoms. The Balaban J connectivity index is 2.40. The Kier molecular flexibility index (Phi) is 5.78. The smallest absolute Gasteiger partial charge is 0.320 e. The molecule has 0 aliphatic heterocycles. The number of nitrogens with zero attached hydrogens (tertiary/aromatic N) is 1. The number of pyridine rings is 1. The Morgan fingerprint density at radius 3 is 2.58 bits per heavy atom. The summed E-state index contributed by atoms with van der Waals surface area (Å²) in [5.41, 5.74) is 1.85. The summed E-state index contributed by atoms with van der Waals surface area (Å²) in [7, 11) is 0. The van der Waals surface area contributed by atoms with Crippen LogP contribution in [0.25, 0.3) is 0 Å². The fourth-order valence-electron chi connectivity index (χ4n) is 1.55. The van der Waals surface area contributed by atoms with Crippen molar-refractivity contribution in [2.45, 2.75) is 27.2 Å². The van der Waals surface area contributed by atoms with Crippen LogP contribution in [0.5, 0.6) is 0 Å². The molecular formula is C13H20N4O2. The highest BCUT2D eigenvalue weighted by molar-refractivity contribution is 5.91. The standard InChI is InChI=1S/C13H20N4O2/c1-4-5-14-12(18)8-15-13(19)17-11-7-9(2)6-10(3)16-11/h6-7H,4-5,8H2,1-3H3,(H,14,18)(H2,15,16,17,19). The maximum Gasteiger partial charge on any atom is 0.320 e. The molecule has 104 valence electrons. The van der Waals surface area contributed by atoms with Gasteiger partial charge in [0.15, 0.2) is 0 Å². The van der Waals surface area contributed by atoms with Gasteiger partial charge in [0.25, 0.3) is 0 Å². The number of urea groups is 1. The fraction of sp³-hybridized carbons (Fsp3) is 0.462. The van der Waals surface area contributed by atoms with Gasteiger partial charge in [0, 0.05) is 12.2 Å². The second-order valence-corrected chi connectivity index (χ2v) is 4.33. The molecule has 0 fully saturated rings. The fourth-order valence-corrected chi connectivity index (χ4v) is 1.55. The molecule has 1 rings (SSSR count). The average Bonchev–Trinajstić information content (AvgIpc) is 2.32. The quantitative estimate of drug-likeness (QED) is 0.750. The highest BCUT2D eigenvalue weighted by Crippen LogP contribution is 2.08. The Morgan fingerprint density at radius 2 is 1.95 bits per heavy atom. The molecule has 6 heteroatoms. The van der Waals surface area contributed by atoms with Gasteiger partial charge in [-0.2, -0.15) is 0 Å². The molecule has 19 heavy (non-hydrogen) atoms. The largest absolute Gasteiger partial charge is 0.355 e. The molecule has 0 aromatic carbocycles. The molecule has 0 unspecified atom stereocenters. The first-order valence-electron chi connectivity index (χ1n) is 6.28. The lowest BCUT2D eigenvalue weighted by Crippen LogP contribution is -2.39. The van der Waals surface area contributed by atoms with Crippen LogP contribution in [-0.4, -0.2) is 30.0 Å². The zero-order valence-electron chi connectivity index (χ0n) is 11.5. The third-order valence-corrected chi connectivity index (χ3v) is 2.32. The van der Waals surface area contributed by atoms with Crippen molar-refractivity contribution < 1.29 is 9.59 Å². The molecule has 1 aromatic rings. The lowest BCUT2D eigenvalue weighted by atomic mass is 10.2. The van der Waals surface area contributed by atoms with Gasteiger partial charge in [-0.1, -0.05) is 6.92 Å². The summed E-state index contributed by atoms with van der Waals surface area (Å²) < 4.78 is 0. The van der Waals surface area contributed by atoms with Crippen LogP contribution in [0.4, 0.5) is 10.6 Å². The zero-order chi connectivity index (χ0) is 14.3. The number of anilines is 1. The summed E-state index contributed by atoms with van der Waals surface area (Å²) in [5, 5.41) is 7.74. The molecule has 3 amide bonds. The van der Waals surface area contributed by atoms with Gasteiger partial charge in [-0.25, -0.2) is 9.78 Å². The number of carbonyl (C=O) groups is 2. The third kappa shape index (κ3) is 5.85. The number of aromatic nitrogens is 1. The van der Waals surface area contributed by atoms with Gasteiger partial charge in [-0.15, -0.1) is 0 Å². The van der Waals surface area contributed by atoms with Gasteiger partial charge < -0.3 is 10.6 Å². The maximum absolute atomic E-state index is 11.6. The van der Waals surface area contributed by atoms with E-state index in [1.165, 1.54) is 0 Å². The normalized spacial score (nSPS) is 9.84. The van der Waals surface area contributed by atoms with Crippen LogP contribution in [0, 0.1) is 13.8 Å². The first kappa shape index (κ1) is 14.9. The Hall–Kier alpha value is -2.11. The van der Waals surface area contributed by atoms with Crippen molar-refractivity contribution in [3.05, 3.63) is 23.4 Å². The minimum Gasteiger partial charge on any atom is -0.355 e. The number of nitrogens with one attached hydrogen (secondary N) is 3. The van der Waals surface area contributed by atoms with Crippen molar-refractivity contribution in [1.29, 1.82) is 0 Å². The molecule has 1 aromatic heterocycles. The summed E-state index contributed by atoms with van der Waals surface area (Å²) in [5.74, 6) is 0.273. The zero-order valence-corrected chi connectivity index (χ0v) is 11.5. The molecule has 0 atom stereocenters. The van der Waals surface area contributed by atoms with E-state index in [0.717, 1.165) is 17.7 Å². The number of amides is 3. The molecule has 0 saturated carbocycles. The average molecular weight is 264 g/mol. The predicted molar refractivity (Wildman–Crippen MR) is 74.0 cm³/mol. The molecule has 6 nitrogen and oxygen atoms in total. The van der Waals surface area contributed by atoms with Crippen LogP contribution in [-0.2, 0) is 4.79 Å². The van der Waals surface area contributed by atoms with Crippen LogP contribution >= 0.6 is 0 Å². The molecule has 0 saturated heterocycles. The molecule has 1 heterocycles. The summed E-state index contributed by atoms with van der Waals surface area (Å²) in [6.45, 7) is 6.31. The summed E-state index contributed by atoms with van der Waals surface area (Å²) in [4.78, 5) is 27.0. The van der Waals surface area contributed by atoms with Gasteiger partial charge in [0.05, 0.1) is 6.54 Å².